The standard InChI is InChI=1S/C20H24.C19H20O2.C10H12.C7H7Br.CO2.H2O/c1-14-6-9-16(10-7-14)20(5)13-19(3,4)17-11-8-15(2)12-18(17)20;1-18(2)12-19(3,16-7-5-4-6-15(16)18)14-10-8-13(9-11-14)17(20)21;1-8(2)10-6-4-9(3)5-7-10;1-6-2-4-7(8)5-3-6;2-1-3;/h6-12H,13H2,1-5H3;4-11H,12H2,1-3H3,(H,20,21);4-7H,1H2,2-3H3;2-5H,1H3;;1H2. The number of carbonyl (C=O) groups excluding carboxylic acids is 2. The molecule has 0 aliphatic heterocycles. The third-order valence-electron chi connectivity index (χ3n) is 12.4. The third-order valence-corrected chi connectivity index (χ3v) is 12.9. The number of benzene rings is 6. The Balaban J connectivity index is 0.000000232. The van der Waals surface area contributed by atoms with Crippen molar-refractivity contribution in [3.05, 3.63) is 217 Å². The molecule has 0 aromatic heterocycles. The summed E-state index contributed by atoms with van der Waals surface area (Å²) < 4.78 is 1.14. The molecule has 8 rings (SSSR count). The monoisotopic (exact) mass is 908 g/mol. The van der Waals surface area contributed by atoms with Gasteiger partial charge in [0, 0.05) is 15.3 Å². The number of fused-ring (bicyclic) bond motifs is 2. The summed E-state index contributed by atoms with van der Waals surface area (Å²) in [5, 5.41) is 9.05. The van der Waals surface area contributed by atoms with Crippen LogP contribution in [0.15, 0.2) is 151 Å². The maximum absolute atomic E-state index is 11.0. The Hall–Kier alpha value is -5.65. The van der Waals surface area contributed by atoms with Gasteiger partial charge in [0.25, 0.3) is 0 Å². The van der Waals surface area contributed by atoms with Crippen LogP contribution in [0.2, 0.25) is 0 Å². The van der Waals surface area contributed by atoms with E-state index in [1.165, 1.54) is 67.6 Å². The van der Waals surface area contributed by atoms with Gasteiger partial charge in [0.1, 0.15) is 0 Å². The lowest BCUT2D eigenvalue weighted by atomic mass is 9.75. The van der Waals surface area contributed by atoms with Gasteiger partial charge in [-0.1, -0.05) is 207 Å². The van der Waals surface area contributed by atoms with Gasteiger partial charge in [-0.3, -0.25) is 0 Å². The van der Waals surface area contributed by atoms with Crippen molar-refractivity contribution in [3.8, 4) is 0 Å². The summed E-state index contributed by atoms with van der Waals surface area (Å²) in [6.07, 6.45) is 2.47. The predicted molar refractivity (Wildman–Crippen MR) is 264 cm³/mol. The first-order chi connectivity index (χ1) is 29.1. The van der Waals surface area contributed by atoms with E-state index in [4.69, 9.17) is 14.7 Å². The van der Waals surface area contributed by atoms with Gasteiger partial charge in [0.15, 0.2) is 0 Å². The third kappa shape index (κ3) is 12.7. The average Bonchev–Trinajstić information content (AvgIpc) is 3.58. The number of hydrogen-bond acceptors (Lipinski definition) is 3. The van der Waals surface area contributed by atoms with Crippen LogP contribution in [0.3, 0.4) is 0 Å². The highest BCUT2D eigenvalue weighted by Gasteiger charge is 2.46. The van der Waals surface area contributed by atoms with Crippen molar-refractivity contribution in [1.82, 2.24) is 0 Å². The van der Waals surface area contributed by atoms with Gasteiger partial charge < -0.3 is 10.6 Å². The first-order valence-corrected chi connectivity index (χ1v) is 21.9. The molecule has 0 saturated carbocycles. The zero-order valence-corrected chi connectivity index (χ0v) is 40.5. The molecule has 2 atom stereocenters. The molecule has 2 aliphatic carbocycles. The normalized spacial score (nSPS) is 17.9. The van der Waals surface area contributed by atoms with E-state index in [0.29, 0.717) is 5.56 Å². The highest BCUT2D eigenvalue weighted by atomic mass is 79.9. The van der Waals surface area contributed by atoms with E-state index in [-0.39, 0.29) is 33.3 Å². The quantitative estimate of drug-likeness (QED) is 0.190. The number of rotatable bonds is 4. The van der Waals surface area contributed by atoms with E-state index in [9.17, 15) is 4.79 Å². The van der Waals surface area contributed by atoms with E-state index in [0.717, 1.165) is 16.5 Å². The Bertz CT molecular complexity index is 2470. The smallest absolute Gasteiger partial charge is 0.373 e. The lowest BCUT2D eigenvalue weighted by Crippen LogP contribution is -2.23. The molecule has 5 nitrogen and oxygen atoms in total. The number of aromatic carboxylic acids is 1. The van der Waals surface area contributed by atoms with Crippen LogP contribution in [0.5, 0.6) is 0 Å². The number of halogens is 1. The molecule has 6 heteroatoms. The molecule has 6 aromatic carbocycles. The van der Waals surface area contributed by atoms with Crippen molar-refractivity contribution in [3.63, 3.8) is 0 Å². The minimum atomic E-state index is -0.876. The Morgan fingerprint density at radius 1 is 0.540 bits per heavy atom. The van der Waals surface area contributed by atoms with Crippen LogP contribution in [-0.4, -0.2) is 22.7 Å². The van der Waals surface area contributed by atoms with Gasteiger partial charge in [-0.2, -0.15) is 9.59 Å². The maximum Gasteiger partial charge on any atom is 0.373 e. The maximum atomic E-state index is 11.0. The number of hydrogen-bond donors (Lipinski definition) is 1. The summed E-state index contributed by atoms with van der Waals surface area (Å²) in [6.45, 7) is 28.4. The number of carboxylic acids is 1. The molecule has 0 heterocycles. The summed E-state index contributed by atoms with van der Waals surface area (Å²) in [5.74, 6) is -0.876. The predicted octanol–water partition coefficient (Wildman–Crippen LogP) is 14.0. The van der Waals surface area contributed by atoms with E-state index in [2.05, 4.69) is 195 Å². The first kappa shape index (κ1) is 51.7. The fourth-order valence-corrected chi connectivity index (χ4v) is 9.46. The van der Waals surface area contributed by atoms with Crippen LogP contribution >= 0.6 is 15.9 Å². The van der Waals surface area contributed by atoms with E-state index in [1.54, 1.807) is 12.1 Å². The van der Waals surface area contributed by atoms with Crippen molar-refractivity contribution in [2.45, 2.75) is 111 Å². The van der Waals surface area contributed by atoms with Crippen LogP contribution in [0.4, 0.5) is 0 Å². The number of carbonyl (C=O) groups is 1. The largest absolute Gasteiger partial charge is 0.478 e. The summed E-state index contributed by atoms with van der Waals surface area (Å²) in [6, 6.07) is 48.6. The van der Waals surface area contributed by atoms with Gasteiger partial charge in [-0.15, -0.1) is 0 Å². The van der Waals surface area contributed by atoms with E-state index >= 15 is 0 Å². The van der Waals surface area contributed by atoms with Crippen molar-refractivity contribution < 1.29 is 25.0 Å². The molecule has 0 bridgehead atoms. The molecule has 330 valence electrons. The molecular formula is C57H65BrO5. The number of allylic oxidation sites excluding steroid dienone is 1. The topological polar surface area (TPSA) is 103 Å². The van der Waals surface area contributed by atoms with Gasteiger partial charge in [0.05, 0.1) is 5.56 Å². The minimum Gasteiger partial charge on any atom is -0.478 e. The van der Waals surface area contributed by atoms with Crippen LogP contribution in [0, 0.1) is 27.7 Å². The Morgan fingerprint density at radius 3 is 1.32 bits per heavy atom. The molecule has 3 N–H and O–H groups in total. The Labute approximate surface area is 384 Å². The lowest BCUT2D eigenvalue weighted by Gasteiger charge is -2.28. The highest BCUT2D eigenvalue weighted by molar-refractivity contribution is 9.10. The van der Waals surface area contributed by atoms with Crippen molar-refractivity contribution in [2.75, 3.05) is 0 Å². The summed E-state index contributed by atoms with van der Waals surface area (Å²) in [7, 11) is 0. The van der Waals surface area contributed by atoms with Crippen molar-refractivity contribution >= 4 is 33.6 Å². The van der Waals surface area contributed by atoms with E-state index < -0.39 is 5.97 Å². The van der Waals surface area contributed by atoms with Gasteiger partial charge in [0.2, 0.25) is 0 Å². The Kier molecular flexibility index (Phi) is 17.7. The molecule has 63 heavy (non-hydrogen) atoms. The number of aryl methyl sites for hydroxylation is 4. The summed E-state index contributed by atoms with van der Waals surface area (Å²) in [5.41, 5.74) is 16.9. The molecule has 0 spiro atoms. The number of carboxylic acid groups (broad SMARTS) is 1. The second kappa shape index (κ2) is 21.6. The molecule has 2 unspecified atom stereocenters. The first-order valence-electron chi connectivity index (χ1n) is 21.1. The zero-order valence-electron chi connectivity index (χ0n) is 39.0. The van der Waals surface area contributed by atoms with Gasteiger partial charge in [-0.25, -0.2) is 4.79 Å². The average molecular weight is 910 g/mol. The van der Waals surface area contributed by atoms with Crippen LogP contribution in [0.25, 0.3) is 5.57 Å². The second-order valence-electron chi connectivity index (χ2n) is 18.7. The van der Waals surface area contributed by atoms with Crippen molar-refractivity contribution in [2.24, 2.45) is 0 Å². The van der Waals surface area contributed by atoms with Crippen LogP contribution in [0.1, 0.15) is 133 Å². The molecule has 0 amide bonds. The highest BCUT2D eigenvalue weighted by Crippen LogP contribution is 2.54. The fraction of sp³-hybridized carbons (Fsp3) is 0.298. The zero-order chi connectivity index (χ0) is 46.0. The summed E-state index contributed by atoms with van der Waals surface area (Å²) in [4.78, 5) is 27.3. The lowest BCUT2D eigenvalue weighted by molar-refractivity contribution is -0.191. The molecule has 0 fully saturated rings. The van der Waals surface area contributed by atoms with Gasteiger partial charge >= 0.3 is 12.1 Å². The van der Waals surface area contributed by atoms with Crippen LogP contribution in [-0.2, 0) is 31.2 Å². The molecule has 2 aliphatic rings. The van der Waals surface area contributed by atoms with E-state index in [1.807, 2.05) is 31.2 Å². The second-order valence-corrected chi connectivity index (χ2v) is 19.6. The molecule has 0 saturated heterocycles. The SMILES string of the molecule is C=C(C)c1ccc(C)cc1.CC1(C)CC(C)(c2ccc(C(=O)O)cc2)c2ccccc21.Cc1ccc(Br)cc1.Cc1ccc(C2(C)CC(C)(C)c3ccc(C)cc32)cc1.O.O=C=O. The minimum absolute atomic E-state index is 0. The Morgan fingerprint density at radius 2 is 0.889 bits per heavy atom. The van der Waals surface area contributed by atoms with Crippen molar-refractivity contribution in [1.29, 1.82) is 0 Å². The fourth-order valence-electron chi connectivity index (χ4n) is 9.20. The molecule has 6 aromatic rings. The molecular weight excluding hydrogens is 845 g/mol. The van der Waals surface area contributed by atoms with Crippen LogP contribution < -0.4 is 0 Å². The van der Waals surface area contributed by atoms with Gasteiger partial charge in [-0.05, 0) is 121 Å². The molecule has 0 radical (unpaired) electrons. The summed E-state index contributed by atoms with van der Waals surface area (Å²) >= 11 is 3.35.